The van der Waals surface area contributed by atoms with E-state index < -0.39 is 0 Å². The van der Waals surface area contributed by atoms with Crippen LogP contribution in [0.15, 0.2) is 24.3 Å². The van der Waals surface area contributed by atoms with Crippen LogP contribution in [0.5, 0.6) is 0 Å². The summed E-state index contributed by atoms with van der Waals surface area (Å²) in [5, 5.41) is 2.79. The van der Waals surface area contributed by atoms with Gasteiger partial charge >= 0.3 is 0 Å². The van der Waals surface area contributed by atoms with Gasteiger partial charge in [-0.05, 0) is 12.1 Å². The van der Waals surface area contributed by atoms with Gasteiger partial charge in [-0.3, -0.25) is 9.59 Å². The van der Waals surface area contributed by atoms with E-state index in [0.29, 0.717) is 13.0 Å². The van der Waals surface area contributed by atoms with Gasteiger partial charge < -0.3 is 14.8 Å². The lowest BCUT2D eigenvalue weighted by Crippen LogP contribution is -2.32. The van der Waals surface area contributed by atoms with E-state index in [4.69, 9.17) is 0 Å². The molecule has 0 saturated heterocycles. The molecule has 0 fully saturated rings. The van der Waals surface area contributed by atoms with Gasteiger partial charge in [-0.1, -0.05) is 19.1 Å². The summed E-state index contributed by atoms with van der Waals surface area (Å²) in [6.07, 6.45) is 1.07. The molecule has 6 nitrogen and oxygen atoms in total. The van der Waals surface area contributed by atoms with Crippen molar-refractivity contribution in [3.8, 4) is 0 Å². The molecule has 6 heteroatoms. The van der Waals surface area contributed by atoms with Gasteiger partial charge in [-0.25, -0.2) is 4.98 Å². The highest BCUT2D eigenvalue weighted by Gasteiger charge is 2.12. The predicted molar refractivity (Wildman–Crippen MR) is 85.4 cm³/mol. The van der Waals surface area contributed by atoms with E-state index in [-0.39, 0.29) is 18.4 Å². The molecular formula is C16H22N4O2. The Kier molecular flexibility index (Phi) is 5.14. The first-order chi connectivity index (χ1) is 10.5. The Morgan fingerprint density at radius 1 is 1.27 bits per heavy atom. The van der Waals surface area contributed by atoms with Crippen LogP contribution < -0.4 is 5.32 Å². The Labute approximate surface area is 130 Å². The van der Waals surface area contributed by atoms with Gasteiger partial charge in [0.1, 0.15) is 12.4 Å². The van der Waals surface area contributed by atoms with Gasteiger partial charge in [-0.15, -0.1) is 0 Å². The van der Waals surface area contributed by atoms with Crippen molar-refractivity contribution in [2.45, 2.75) is 26.3 Å². The number of hydrogen-bond acceptors (Lipinski definition) is 3. The standard InChI is InChI=1S/C16H22N4O2/c1-4-14-18-12-7-5-6-8-13(12)20(14)11-15(21)17-10-9-16(22)19(2)3/h5-8H,4,9-11H2,1-3H3,(H,17,21). The Bertz CT molecular complexity index is 676. The van der Waals surface area contributed by atoms with Crippen LogP contribution in [0.25, 0.3) is 11.0 Å². The van der Waals surface area contributed by atoms with Crippen molar-refractivity contribution in [3.63, 3.8) is 0 Å². The van der Waals surface area contributed by atoms with Crippen molar-refractivity contribution in [1.29, 1.82) is 0 Å². The molecule has 118 valence electrons. The molecule has 2 rings (SSSR count). The van der Waals surface area contributed by atoms with Gasteiger partial charge in [0.25, 0.3) is 0 Å². The molecule has 0 aliphatic carbocycles. The molecule has 1 N–H and O–H groups in total. The average Bonchev–Trinajstić information content (AvgIpc) is 2.85. The second kappa shape index (κ2) is 7.06. The lowest BCUT2D eigenvalue weighted by atomic mass is 10.3. The van der Waals surface area contributed by atoms with Crippen LogP contribution in [0.2, 0.25) is 0 Å². The fraction of sp³-hybridized carbons (Fsp3) is 0.438. The van der Waals surface area contributed by atoms with Crippen molar-refractivity contribution < 1.29 is 9.59 Å². The van der Waals surface area contributed by atoms with Crippen LogP contribution in [0.4, 0.5) is 0 Å². The van der Waals surface area contributed by atoms with Crippen molar-refractivity contribution in [2.75, 3.05) is 20.6 Å². The molecule has 0 aliphatic rings. The average molecular weight is 302 g/mol. The van der Waals surface area contributed by atoms with Crippen molar-refractivity contribution in [1.82, 2.24) is 19.8 Å². The minimum absolute atomic E-state index is 0.00243. The highest BCUT2D eigenvalue weighted by atomic mass is 16.2. The summed E-state index contributed by atoms with van der Waals surface area (Å²) >= 11 is 0. The maximum Gasteiger partial charge on any atom is 0.240 e. The fourth-order valence-electron chi connectivity index (χ4n) is 2.30. The van der Waals surface area contributed by atoms with Crippen molar-refractivity contribution in [3.05, 3.63) is 30.1 Å². The number of para-hydroxylation sites is 2. The first kappa shape index (κ1) is 16.0. The zero-order valence-corrected chi connectivity index (χ0v) is 13.3. The SMILES string of the molecule is CCc1nc2ccccc2n1CC(=O)NCCC(=O)N(C)C. The summed E-state index contributed by atoms with van der Waals surface area (Å²) in [7, 11) is 3.41. The molecule has 0 atom stereocenters. The van der Waals surface area contributed by atoms with E-state index in [1.165, 1.54) is 4.90 Å². The van der Waals surface area contributed by atoms with E-state index in [2.05, 4.69) is 10.3 Å². The molecule has 1 aromatic heterocycles. The number of carbonyl (C=O) groups excluding carboxylic acids is 2. The Hall–Kier alpha value is -2.37. The molecule has 0 radical (unpaired) electrons. The third-order valence-corrected chi connectivity index (χ3v) is 3.51. The van der Waals surface area contributed by atoms with Crippen molar-refractivity contribution >= 4 is 22.8 Å². The first-order valence-electron chi connectivity index (χ1n) is 7.44. The summed E-state index contributed by atoms with van der Waals surface area (Å²) in [6, 6.07) is 7.78. The number of hydrogen-bond donors (Lipinski definition) is 1. The Balaban J connectivity index is 2.01. The second-order valence-corrected chi connectivity index (χ2v) is 5.34. The fourth-order valence-corrected chi connectivity index (χ4v) is 2.30. The zero-order valence-electron chi connectivity index (χ0n) is 13.3. The summed E-state index contributed by atoms with van der Waals surface area (Å²) in [5.74, 6) is 0.785. The number of benzene rings is 1. The van der Waals surface area contributed by atoms with Crippen LogP contribution in [0.3, 0.4) is 0 Å². The van der Waals surface area contributed by atoms with Gasteiger partial charge in [0.15, 0.2) is 0 Å². The largest absolute Gasteiger partial charge is 0.354 e. The van der Waals surface area contributed by atoms with E-state index in [1.54, 1.807) is 14.1 Å². The minimum Gasteiger partial charge on any atom is -0.354 e. The predicted octanol–water partition coefficient (Wildman–Crippen LogP) is 1.19. The van der Waals surface area contributed by atoms with Gasteiger partial charge in [0.05, 0.1) is 11.0 Å². The van der Waals surface area contributed by atoms with Crippen LogP contribution in [0, 0.1) is 0 Å². The molecule has 1 heterocycles. The van der Waals surface area contributed by atoms with E-state index in [9.17, 15) is 9.59 Å². The number of nitrogens with one attached hydrogen (secondary N) is 1. The molecule has 2 aromatic rings. The summed E-state index contributed by atoms with van der Waals surface area (Å²) in [5.41, 5.74) is 1.86. The monoisotopic (exact) mass is 302 g/mol. The minimum atomic E-state index is -0.107. The number of nitrogens with zero attached hydrogens (tertiary/aromatic N) is 3. The van der Waals surface area contributed by atoms with E-state index in [0.717, 1.165) is 23.3 Å². The topological polar surface area (TPSA) is 67.2 Å². The summed E-state index contributed by atoms with van der Waals surface area (Å²) in [4.78, 5) is 29.6. The normalized spacial score (nSPS) is 10.7. The number of carbonyl (C=O) groups is 2. The number of rotatable bonds is 6. The maximum absolute atomic E-state index is 12.1. The number of imidazole rings is 1. The molecule has 1 aromatic carbocycles. The number of fused-ring (bicyclic) bond motifs is 1. The third-order valence-electron chi connectivity index (χ3n) is 3.51. The zero-order chi connectivity index (χ0) is 16.1. The molecule has 2 amide bonds. The quantitative estimate of drug-likeness (QED) is 0.871. The van der Waals surface area contributed by atoms with Gasteiger partial charge in [0.2, 0.25) is 11.8 Å². The molecule has 0 spiro atoms. The summed E-state index contributed by atoms with van der Waals surface area (Å²) < 4.78 is 1.93. The lowest BCUT2D eigenvalue weighted by molar-refractivity contribution is -0.128. The van der Waals surface area contributed by atoms with Crippen LogP contribution in [-0.4, -0.2) is 46.9 Å². The lowest BCUT2D eigenvalue weighted by Gasteiger charge is -2.11. The molecular weight excluding hydrogens is 280 g/mol. The Morgan fingerprint density at radius 3 is 2.68 bits per heavy atom. The van der Waals surface area contributed by atoms with Crippen LogP contribution >= 0.6 is 0 Å². The van der Waals surface area contributed by atoms with Crippen LogP contribution in [0.1, 0.15) is 19.2 Å². The van der Waals surface area contributed by atoms with Crippen LogP contribution in [-0.2, 0) is 22.6 Å². The first-order valence-corrected chi connectivity index (χ1v) is 7.44. The molecule has 0 bridgehead atoms. The summed E-state index contributed by atoms with van der Waals surface area (Å²) in [6.45, 7) is 2.59. The maximum atomic E-state index is 12.1. The number of amides is 2. The Morgan fingerprint density at radius 2 is 2.00 bits per heavy atom. The number of aromatic nitrogens is 2. The molecule has 0 aliphatic heterocycles. The smallest absolute Gasteiger partial charge is 0.240 e. The molecule has 0 unspecified atom stereocenters. The molecule has 22 heavy (non-hydrogen) atoms. The van der Waals surface area contributed by atoms with Crippen molar-refractivity contribution in [2.24, 2.45) is 0 Å². The van der Waals surface area contributed by atoms with Gasteiger partial charge in [-0.2, -0.15) is 0 Å². The van der Waals surface area contributed by atoms with Gasteiger partial charge in [0, 0.05) is 33.5 Å². The molecule has 0 saturated carbocycles. The van der Waals surface area contributed by atoms with E-state index >= 15 is 0 Å². The number of aryl methyl sites for hydroxylation is 1. The van der Waals surface area contributed by atoms with E-state index in [1.807, 2.05) is 35.8 Å². The second-order valence-electron chi connectivity index (χ2n) is 5.34. The highest BCUT2D eigenvalue weighted by Crippen LogP contribution is 2.16. The highest BCUT2D eigenvalue weighted by molar-refractivity contribution is 5.82. The third kappa shape index (κ3) is 3.63.